The van der Waals surface area contributed by atoms with E-state index in [0.717, 1.165) is 5.56 Å². The van der Waals surface area contributed by atoms with E-state index in [9.17, 15) is 19.2 Å². The molecule has 1 aromatic carbocycles. The Bertz CT molecular complexity index is 1400. The summed E-state index contributed by atoms with van der Waals surface area (Å²) in [4.78, 5) is 64.6. The van der Waals surface area contributed by atoms with Crippen molar-refractivity contribution < 1.29 is 33.4 Å². The van der Waals surface area contributed by atoms with Gasteiger partial charge in [-0.2, -0.15) is 0 Å². The Labute approximate surface area is 236 Å². The predicted octanol–water partition coefficient (Wildman–Crippen LogP) is 2.80. The number of likely N-dealkylation sites (tertiary alicyclic amines) is 1. The minimum Gasteiger partial charge on any atom is -0.468 e. The number of carbonyl (C=O) groups excluding carboxylic acids is 4. The average molecular weight is 568 g/mol. The van der Waals surface area contributed by atoms with E-state index in [1.54, 1.807) is 25.3 Å². The summed E-state index contributed by atoms with van der Waals surface area (Å²) in [6.07, 6.45) is 2.20. The number of amides is 3. The van der Waals surface area contributed by atoms with Gasteiger partial charge in [0.05, 0.1) is 13.4 Å². The van der Waals surface area contributed by atoms with Crippen molar-refractivity contribution in [1.29, 1.82) is 0 Å². The third-order valence-electron chi connectivity index (χ3n) is 6.32. The highest BCUT2D eigenvalue weighted by Crippen LogP contribution is 2.30. The zero-order chi connectivity index (χ0) is 29.6. The van der Waals surface area contributed by atoms with Crippen LogP contribution in [0.2, 0.25) is 0 Å². The van der Waals surface area contributed by atoms with E-state index in [-0.39, 0.29) is 36.9 Å². The zero-order valence-electron chi connectivity index (χ0n) is 23.3. The molecule has 3 amide bonds. The molecule has 2 aromatic heterocycles. The largest absolute Gasteiger partial charge is 0.468 e. The fourth-order valence-corrected chi connectivity index (χ4v) is 4.42. The number of hydrogen-bond donors (Lipinski definition) is 2. The number of ether oxygens (including phenoxy) is 3. The van der Waals surface area contributed by atoms with Crippen LogP contribution in [0.25, 0.3) is 11.2 Å². The molecule has 14 nitrogen and oxygen atoms in total. The summed E-state index contributed by atoms with van der Waals surface area (Å²) in [6, 6.07) is 8.01. The number of piperidine rings is 1. The number of anilines is 1. The maximum atomic E-state index is 13.7. The highest BCUT2D eigenvalue weighted by molar-refractivity contribution is 5.94. The molecule has 0 unspecified atom stereocenters. The van der Waals surface area contributed by atoms with Crippen molar-refractivity contribution in [2.45, 2.75) is 57.9 Å². The van der Waals surface area contributed by atoms with Gasteiger partial charge in [0.2, 0.25) is 5.91 Å². The third-order valence-corrected chi connectivity index (χ3v) is 6.32. The molecule has 0 spiro atoms. The summed E-state index contributed by atoms with van der Waals surface area (Å²) in [7, 11) is 1.24. The van der Waals surface area contributed by atoms with Crippen LogP contribution >= 0.6 is 0 Å². The van der Waals surface area contributed by atoms with Crippen LogP contribution in [-0.4, -0.2) is 80.3 Å². The van der Waals surface area contributed by atoms with E-state index < -0.39 is 35.8 Å². The number of benzene rings is 1. The number of methoxy groups -OCH3 is 1. The average Bonchev–Trinajstić information content (AvgIpc) is 3.36. The van der Waals surface area contributed by atoms with Crippen LogP contribution in [0.1, 0.15) is 45.2 Å². The molecule has 3 heterocycles. The molecule has 0 radical (unpaired) electrons. The number of alkyl carbamates (subject to hydrolysis) is 1. The molecule has 1 aliphatic rings. The fourth-order valence-electron chi connectivity index (χ4n) is 4.42. The van der Waals surface area contributed by atoms with Crippen LogP contribution in [0, 0.1) is 0 Å². The molecule has 0 bridgehead atoms. The number of esters is 1. The Morgan fingerprint density at radius 3 is 2.51 bits per heavy atom. The van der Waals surface area contributed by atoms with Crippen LogP contribution in [0.15, 0.2) is 43.0 Å². The normalized spacial score (nSPS) is 17.2. The van der Waals surface area contributed by atoms with Gasteiger partial charge in [0.15, 0.2) is 17.0 Å². The first-order chi connectivity index (χ1) is 19.6. The Balaban J connectivity index is 1.48. The van der Waals surface area contributed by atoms with Crippen molar-refractivity contribution in [2.24, 2.45) is 0 Å². The highest BCUT2D eigenvalue weighted by Gasteiger charge is 2.38. The fraction of sp³-hybridized carbons (Fsp3) is 0.444. The molecule has 3 aromatic rings. The van der Waals surface area contributed by atoms with Gasteiger partial charge in [0.25, 0.3) is 0 Å². The number of imidazole rings is 1. The van der Waals surface area contributed by atoms with Crippen LogP contribution < -0.4 is 10.6 Å². The van der Waals surface area contributed by atoms with Gasteiger partial charge < -0.3 is 29.0 Å². The first kappa shape index (κ1) is 29.2. The molecule has 2 N–H and O–H groups in total. The molecule has 1 saturated heterocycles. The van der Waals surface area contributed by atoms with Crippen molar-refractivity contribution in [3.8, 4) is 0 Å². The van der Waals surface area contributed by atoms with Gasteiger partial charge in [-0.15, -0.1) is 0 Å². The van der Waals surface area contributed by atoms with Crippen molar-refractivity contribution in [3.63, 3.8) is 0 Å². The lowest BCUT2D eigenvalue weighted by atomic mass is 9.97. The van der Waals surface area contributed by atoms with Crippen LogP contribution in [0.5, 0.6) is 0 Å². The minimum absolute atomic E-state index is 0.0753. The molecule has 0 saturated carbocycles. The van der Waals surface area contributed by atoms with Gasteiger partial charge in [0, 0.05) is 12.6 Å². The maximum absolute atomic E-state index is 13.7. The summed E-state index contributed by atoms with van der Waals surface area (Å²) in [5.74, 6) is -0.840. The van der Waals surface area contributed by atoms with Crippen molar-refractivity contribution in [1.82, 2.24) is 29.7 Å². The van der Waals surface area contributed by atoms with Gasteiger partial charge in [-0.25, -0.2) is 24.5 Å². The van der Waals surface area contributed by atoms with Crippen molar-refractivity contribution >= 4 is 41.0 Å². The molecular formula is C27H33N7O7. The summed E-state index contributed by atoms with van der Waals surface area (Å²) >= 11 is 0. The Kier molecular flexibility index (Phi) is 9.00. The number of aromatic nitrogens is 4. The number of rotatable bonds is 8. The van der Waals surface area contributed by atoms with Gasteiger partial charge in [-0.05, 0) is 39.2 Å². The number of fused-ring (bicyclic) bond motifs is 1. The molecule has 2 atom stereocenters. The van der Waals surface area contributed by atoms with Crippen LogP contribution in [-0.2, 0) is 30.4 Å². The second kappa shape index (κ2) is 12.6. The molecule has 4 rings (SSSR count). The molecule has 1 fully saturated rings. The smallest absolute Gasteiger partial charge is 0.413 e. The summed E-state index contributed by atoms with van der Waals surface area (Å²) in [5.41, 5.74) is 0.733. The monoisotopic (exact) mass is 567 g/mol. The number of hydrogen-bond acceptors (Lipinski definition) is 10. The van der Waals surface area contributed by atoms with Gasteiger partial charge in [-0.1, -0.05) is 30.3 Å². The lowest BCUT2D eigenvalue weighted by Gasteiger charge is -2.39. The van der Waals surface area contributed by atoms with E-state index >= 15 is 0 Å². The van der Waals surface area contributed by atoms with Gasteiger partial charge in [-0.3, -0.25) is 14.9 Å². The zero-order valence-corrected chi connectivity index (χ0v) is 23.3. The summed E-state index contributed by atoms with van der Waals surface area (Å²) < 4.78 is 16.9. The van der Waals surface area contributed by atoms with E-state index in [2.05, 4.69) is 25.6 Å². The minimum atomic E-state index is -0.741. The SMILES string of the molecule is COC(=O)CN1C(=O)[C@H](n2cnc3c(NC(=O)OCc4ccccc4)ncnc32)CC[C@@H]1CNC(=O)OC(C)(C)C. The predicted molar refractivity (Wildman–Crippen MR) is 146 cm³/mol. The quantitative estimate of drug-likeness (QED) is 0.305. The van der Waals surface area contributed by atoms with E-state index in [4.69, 9.17) is 14.2 Å². The molecule has 1 aliphatic heterocycles. The van der Waals surface area contributed by atoms with Gasteiger partial charge >= 0.3 is 18.2 Å². The van der Waals surface area contributed by atoms with E-state index in [1.165, 1.54) is 24.7 Å². The Hall–Kier alpha value is -4.75. The lowest BCUT2D eigenvalue weighted by molar-refractivity contribution is -0.152. The first-order valence-corrected chi connectivity index (χ1v) is 13.0. The summed E-state index contributed by atoms with van der Waals surface area (Å²) in [6.45, 7) is 5.12. The number of nitrogens with zero attached hydrogens (tertiary/aromatic N) is 5. The summed E-state index contributed by atoms with van der Waals surface area (Å²) in [5, 5.41) is 5.26. The second-order valence-electron chi connectivity index (χ2n) is 10.4. The van der Waals surface area contributed by atoms with Crippen LogP contribution in [0.3, 0.4) is 0 Å². The molecule has 41 heavy (non-hydrogen) atoms. The number of carbonyl (C=O) groups is 4. The second-order valence-corrected chi connectivity index (χ2v) is 10.4. The Morgan fingerprint density at radius 1 is 1.05 bits per heavy atom. The van der Waals surface area contributed by atoms with E-state index in [1.807, 2.05) is 30.3 Å². The highest BCUT2D eigenvalue weighted by atomic mass is 16.6. The van der Waals surface area contributed by atoms with Crippen molar-refractivity contribution in [2.75, 3.05) is 25.5 Å². The van der Waals surface area contributed by atoms with Gasteiger partial charge in [0.1, 0.15) is 31.1 Å². The first-order valence-electron chi connectivity index (χ1n) is 13.0. The third kappa shape index (κ3) is 7.47. The molecule has 218 valence electrons. The van der Waals surface area contributed by atoms with Crippen molar-refractivity contribution in [3.05, 3.63) is 48.5 Å². The number of nitrogens with one attached hydrogen (secondary N) is 2. The topological polar surface area (TPSA) is 167 Å². The molecular weight excluding hydrogens is 534 g/mol. The lowest BCUT2D eigenvalue weighted by Crippen LogP contribution is -2.54. The molecule has 14 heteroatoms. The van der Waals surface area contributed by atoms with Crippen LogP contribution in [0.4, 0.5) is 15.4 Å². The maximum Gasteiger partial charge on any atom is 0.413 e. The standard InChI is InChI=1S/C27H33N7O7/c1-27(2,3)41-25(37)28-12-18-10-11-19(24(36)33(18)13-20(35)39-4)34-16-31-21-22(29-15-30-23(21)34)32-26(38)40-14-17-8-6-5-7-9-17/h5-9,15-16,18-19H,10-14H2,1-4H3,(H,28,37)(H,29,30,32,38)/t18-,19-/m1/s1. The van der Waals surface area contributed by atoms with E-state index in [0.29, 0.717) is 18.5 Å². The Morgan fingerprint density at radius 2 is 1.80 bits per heavy atom. The molecule has 0 aliphatic carbocycles.